The molecule has 3 rings (SSSR count). The molecule has 4 amide bonds. The predicted molar refractivity (Wildman–Crippen MR) is 101 cm³/mol. The summed E-state index contributed by atoms with van der Waals surface area (Å²) in [5.41, 5.74) is 2.20. The number of carbonyl (C=O) groups excluding carboxylic acids is 3. The number of hydrogen-bond acceptors (Lipinski definition) is 4. The van der Waals surface area contributed by atoms with Crippen LogP contribution in [0.5, 0.6) is 0 Å². The number of urea groups is 1. The number of rotatable bonds is 5. The number of benzene rings is 2. The van der Waals surface area contributed by atoms with Gasteiger partial charge in [-0.3, -0.25) is 9.59 Å². The number of nitrogens with zero attached hydrogens (tertiary/aromatic N) is 1. The second-order valence-corrected chi connectivity index (χ2v) is 6.22. The van der Waals surface area contributed by atoms with Crippen LogP contribution in [0.2, 0.25) is 0 Å². The highest BCUT2D eigenvalue weighted by molar-refractivity contribution is 6.16. The molecule has 0 radical (unpaired) electrons. The summed E-state index contributed by atoms with van der Waals surface area (Å²) in [6.07, 6.45) is 1.42. The number of carbonyl (C=O) groups is 4. The van der Waals surface area contributed by atoms with Gasteiger partial charge < -0.3 is 15.7 Å². The third kappa shape index (κ3) is 4.24. The fraction of sp³-hybridized carbons (Fsp3) is 0.100. The molecule has 0 aliphatic carbocycles. The number of anilines is 1. The molecule has 0 saturated carbocycles. The van der Waals surface area contributed by atoms with Crippen molar-refractivity contribution >= 4 is 35.6 Å². The van der Waals surface area contributed by atoms with Crippen LogP contribution in [0.3, 0.4) is 0 Å². The first-order chi connectivity index (χ1) is 13.3. The van der Waals surface area contributed by atoms with E-state index in [-0.39, 0.29) is 11.3 Å². The minimum absolute atomic E-state index is 0.0106. The molecule has 0 atom stereocenters. The van der Waals surface area contributed by atoms with Crippen molar-refractivity contribution in [1.29, 1.82) is 0 Å². The lowest BCUT2D eigenvalue weighted by Gasteiger charge is -2.12. The first-order valence-corrected chi connectivity index (χ1v) is 8.38. The van der Waals surface area contributed by atoms with Gasteiger partial charge in [-0.25, -0.2) is 14.5 Å². The zero-order valence-corrected chi connectivity index (χ0v) is 14.9. The molecule has 0 unspecified atom stereocenters. The fourth-order valence-corrected chi connectivity index (χ4v) is 2.67. The Kier molecular flexibility index (Phi) is 5.21. The van der Waals surface area contributed by atoms with Gasteiger partial charge in [0.05, 0.1) is 5.56 Å². The lowest BCUT2D eigenvalue weighted by molar-refractivity contribution is -0.127. The molecule has 28 heavy (non-hydrogen) atoms. The maximum atomic E-state index is 12.4. The molecule has 1 heterocycles. The minimum Gasteiger partial charge on any atom is -0.478 e. The van der Waals surface area contributed by atoms with Crippen LogP contribution in [0.1, 0.15) is 21.5 Å². The van der Waals surface area contributed by atoms with Crippen LogP contribution < -0.4 is 10.6 Å². The standard InChI is InChI=1S/C20H17N3O5/c1-12-3-2-4-15(9-12)21-17(24)11-23-18(25)16(22-20(23)28)10-13-5-7-14(8-6-13)19(26)27/h2-10H,11H2,1H3,(H,21,24)(H,22,28)(H,26,27)/b16-10+. The Morgan fingerprint density at radius 2 is 1.86 bits per heavy atom. The number of amides is 4. The lowest BCUT2D eigenvalue weighted by atomic mass is 10.1. The summed E-state index contributed by atoms with van der Waals surface area (Å²) in [5.74, 6) is -2.19. The maximum Gasteiger partial charge on any atom is 0.335 e. The number of carboxylic acids is 1. The Hall–Kier alpha value is -3.94. The van der Waals surface area contributed by atoms with Crippen molar-refractivity contribution in [2.75, 3.05) is 11.9 Å². The molecule has 1 aliphatic rings. The largest absolute Gasteiger partial charge is 0.478 e. The predicted octanol–water partition coefficient (Wildman–Crippen LogP) is 2.22. The van der Waals surface area contributed by atoms with E-state index in [1.165, 1.54) is 30.3 Å². The van der Waals surface area contributed by atoms with Crippen molar-refractivity contribution < 1.29 is 24.3 Å². The second kappa shape index (κ2) is 7.75. The Bertz CT molecular complexity index is 995. The van der Waals surface area contributed by atoms with Gasteiger partial charge in [-0.1, -0.05) is 24.3 Å². The van der Waals surface area contributed by atoms with Crippen molar-refractivity contribution in [3.05, 3.63) is 70.9 Å². The average Bonchev–Trinajstić information content (AvgIpc) is 2.89. The van der Waals surface area contributed by atoms with Gasteiger partial charge in [-0.05, 0) is 48.4 Å². The van der Waals surface area contributed by atoms with Gasteiger partial charge in [0.2, 0.25) is 5.91 Å². The lowest BCUT2D eigenvalue weighted by Crippen LogP contribution is -2.38. The van der Waals surface area contributed by atoms with Crippen LogP contribution in [-0.4, -0.2) is 40.4 Å². The third-order valence-electron chi connectivity index (χ3n) is 4.03. The molecule has 3 N–H and O–H groups in total. The molecule has 1 aliphatic heterocycles. The number of imide groups is 1. The summed E-state index contributed by atoms with van der Waals surface area (Å²) in [5, 5.41) is 14.0. The Balaban J connectivity index is 1.69. The monoisotopic (exact) mass is 379 g/mol. The highest BCUT2D eigenvalue weighted by Crippen LogP contribution is 2.15. The van der Waals surface area contributed by atoms with Crippen LogP contribution in [0.15, 0.2) is 54.2 Å². The van der Waals surface area contributed by atoms with E-state index in [0.29, 0.717) is 11.3 Å². The topological polar surface area (TPSA) is 116 Å². The summed E-state index contributed by atoms with van der Waals surface area (Å²) in [6, 6.07) is 12.3. The smallest absolute Gasteiger partial charge is 0.335 e. The third-order valence-corrected chi connectivity index (χ3v) is 4.03. The molecule has 0 bridgehead atoms. The van der Waals surface area contributed by atoms with Crippen molar-refractivity contribution in [1.82, 2.24) is 10.2 Å². The van der Waals surface area contributed by atoms with Gasteiger partial charge in [0.1, 0.15) is 12.2 Å². The number of nitrogens with one attached hydrogen (secondary N) is 2. The quantitative estimate of drug-likeness (QED) is 0.544. The summed E-state index contributed by atoms with van der Waals surface area (Å²) in [7, 11) is 0. The first kappa shape index (κ1) is 18.8. The molecule has 0 spiro atoms. The molecular formula is C20H17N3O5. The summed E-state index contributed by atoms with van der Waals surface area (Å²) < 4.78 is 0. The average molecular weight is 379 g/mol. The molecule has 2 aromatic rings. The first-order valence-electron chi connectivity index (χ1n) is 8.38. The van der Waals surface area contributed by atoms with Crippen LogP contribution >= 0.6 is 0 Å². The second-order valence-electron chi connectivity index (χ2n) is 6.22. The fourth-order valence-electron chi connectivity index (χ4n) is 2.67. The zero-order valence-electron chi connectivity index (χ0n) is 14.9. The number of aryl methyl sites for hydroxylation is 1. The van der Waals surface area contributed by atoms with Crippen LogP contribution in [0.4, 0.5) is 10.5 Å². The van der Waals surface area contributed by atoms with Crippen LogP contribution in [0.25, 0.3) is 6.08 Å². The molecule has 1 fully saturated rings. The molecule has 2 aromatic carbocycles. The van der Waals surface area contributed by atoms with E-state index in [2.05, 4.69) is 10.6 Å². The van der Waals surface area contributed by atoms with Crippen molar-refractivity contribution in [3.8, 4) is 0 Å². The highest BCUT2D eigenvalue weighted by Gasteiger charge is 2.34. The van der Waals surface area contributed by atoms with Crippen molar-refractivity contribution in [2.45, 2.75) is 6.92 Å². The normalized spacial score (nSPS) is 14.9. The van der Waals surface area contributed by atoms with Gasteiger partial charge in [-0.15, -0.1) is 0 Å². The van der Waals surface area contributed by atoms with E-state index < -0.39 is 30.4 Å². The summed E-state index contributed by atoms with van der Waals surface area (Å²) in [4.78, 5) is 48.4. The van der Waals surface area contributed by atoms with E-state index in [0.717, 1.165) is 10.5 Å². The molecule has 0 aromatic heterocycles. The molecule has 8 nitrogen and oxygen atoms in total. The Morgan fingerprint density at radius 1 is 1.14 bits per heavy atom. The Labute approximate surface area is 160 Å². The number of carboxylic acid groups (broad SMARTS) is 1. The van der Waals surface area contributed by atoms with Crippen LogP contribution in [-0.2, 0) is 9.59 Å². The van der Waals surface area contributed by atoms with Crippen molar-refractivity contribution in [2.24, 2.45) is 0 Å². The SMILES string of the molecule is Cc1cccc(NC(=O)CN2C(=O)N/C(=C/c3ccc(C(=O)O)cc3)C2=O)c1. The molecular weight excluding hydrogens is 362 g/mol. The van der Waals surface area contributed by atoms with E-state index in [9.17, 15) is 19.2 Å². The van der Waals surface area contributed by atoms with Gasteiger partial charge in [0.25, 0.3) is 5.91 Å². The van der Waals surface area contributed by atoms with E-state index in [1.54, 1.807) is 18.2 Å². The van der Waals surface area contributed by atoms with Gasteiger partial charge in [0, 0.05) is 5.69 Å². The van der Waals surface area contributed by atoms with Gasteiger partial charge >= 0.3 is 12.0 Å². The van der Waals surface area contributed by atoms with E-state index in [1.807, 2.05) is 13.0 Å². The molecule has 1 saturated heterocycles. The number of aromatic carboxylic acids is 1. The van der Waals surface area contributed by atoms with Crippen LogP contribution in [0, 0.1) is 6.92 Å². The summed E-state index contributed by atoms with van der Waals surface area (Å²) in [6.45, 7) is 1.46. The highest BCUT2D eigenvalue weighted by atomic mass is 16.4. The Morgan fingerprint density at radius 3 is 2.50 bits per heavy atom. The van der Waals surface area contributed by atoms with Gasteiger partial charge in [0.15, 0.2) is 0 Å². The van der Waals surface area contributed by atoms with E-state index >= 15 is 0 Å². The van der Waals surface area contributed by atoms with E-state index in [4.69, 9.17) is 5.11 Å². The molecule has 8 heteroatoms. The summed E-state index contributed by atoms with van der Waals surface area (Å²) >= 11 is 0. The van der Waals surface area contributed by atoms with Crippen molar-refractivity contribution in [3.63, 3.8) is 0 Å². The minimum atomic E-state index is -1.06. The zero-order chi connectivity index (χ0) is 20.3. The molecule has 142 valence electrons. The van der Waals surface area contributed by atoms with Gasteiger partial charge in [-0.2, -0.15) is 0 Å². The maximum absolute atomic E-state index is 12.4. The number of hydrogen-bond donors (Lipinski definition) is 3.